The highest BCUT2D eigenvalue weighted by atomic mass is 16.6. The van der Waals surface area contributed by atoms with Crippen molar-refractivity contribution in [1.82, 2.24) is 19.5 Å². The Hall–Kier alpha value is -2.38. The van der Waals surface area contributed by atoms with Crippen LogP contribution in [0.4, 0.5) is 5.82 Å². The van der Waals surface area contributed by atoms with Crippen LogP contribution in [0.15, 0.2) is 12.7 Å². The zero-order valence-corrected chi connectivity index (χ0v) is 11.7. The van der Waals surface area contributed by atoms with Gasteiger partial charge in [-0.1, -0.05) is 0 Å². The first-order valence-electron chi connectivity index (χ1n) is 6.58. The highest BCUT2D eigenvalue weighted by Crippen LogP contribution is 2.32. The lowest BCUT2D eigenvalue weighted by Gasteiger charge is -2.17. The fourth-order valence-electron chi connectivity index (χ4n) is 2.40. The second-order valence-corrected chi connectivity index (χ2v) is 4.95. The molecule has 2 aromatic heterocycles. The number of nitrogens with two attached hydrogens (primary N) is 1. The van der Waals surface area contributed by atoms with E-state index in [1.54, 1.807) is 0 Å². The number of hydrogen-bond acceptors (Lipinski definition) is 9. The molecule has 3 rings (SSSR count). The number of nitrogens with one attached hydrogen (secondary N) is 1. The third-order valence-electron chi connectivity index (χ3n) is 3.56. The van der Waals surface area contributed by atoms with Crippen molar-refractivity contribution in [3.8, 4) is 0 Å². The first-order chi connectivity index (χ1) is 11.0. The Labute approximate surface area is 128 Å². The van der Waals surface area contributed by atoms with Crippen LogP contribution in [0.25, 0.3) is 11.2 Å². The average molecular weight is 325 g/mol. The second kappa shape index (κ2) is 5.68. The maximum Gasteiger partial charge on any atom is 0.219 e. The second-order valence-electron chi connectivity index (χ2n) is 4.95. The van der Waals surface area contributed by atoms with Crippen LogP contribution in [0, 0.1) is 5.41 Å². The number of fused-ring (bicyclic) bond motifs is 1. The zero-order valence-electron chi connectivity index (χ0n) is 11.7. The van der Waals surface area contributed by atoms with E-state index in [0.29, 0.717) is 5.06 Å². The van der Waals surface area contributed by atoms with Gasteiger partial charge in [-0.3, -0.25) is 15.2 Å². The Morgan fingerprint density at radius 3 is 2.70 bits per heavy atom. The normalized spacial score (nSPS) is 27.5. The molecule has 1 fully saturated rings. The molecule has 0 spiro atoms. The number of imidazole rings is 1. The Morgan fingerprint density at radius 1 is 1.35 bits per heavy atom. The molecule has 4 unspecified atom stereocenters. The van der Waals surface area contributed by atoms with Crippen LogP contribution >= 0.6 is 0 Å². The molecule has 1 aliphatic heterocycles. The molecule has 23 heavy (non-hydrogen) atoms. The van der Waals surface area contributed by atoms with Crippen molar-refractivity contribution in [3.63, 3.8) is 0 Å². The molecule has 0 saturated carbocycles. The summed E-state index contributed by atoms with van der Waals surface area (Å²) in [4.78, 5) is 11.8. The Bertz CT molecular complexity index is 737. The Kier molecular flexibility index (Phi) is 3.83. The van der Waals surface area contributed by atoms with E-state index in [2.05, 4.69) is 15.0 Å². The van der Waals surface area contributed by atoms with Crippen LogP contribution in [0.1, 0.15) is 6.23 Å². The molecule has 1 aliphatic rings. The number of aliphatic hydroxyl groups is 3. The van der Waals surface area contributed by atoms with E-state index in [0.717, 1.165) is 6.33 Å². The number of hydroxylamine groups is 1. The van der Waals surface area contributed by atoms with Crippen LogP contribution < -0.4 is 10.8 Å². The van der Waals surface area contributed by atoms with Gasteiger partial charge in [0.1, 0.15) is 24.6 Å². The van der Waals surface area contributed by atoms with Gasteiger partial charge in [-0.15, -0.1) is 0 Å². The van der Waals surface area contributed by atoms with E-state index in [4.69, 9.17) is 21.0 Å². The number of aromatic nitrogens is 4. The lowest BCUT2D eigenvalue weighted by Crippen LogP contribution is -2.34. The van der Waals surface area contributed by atoms with Crippen molar-refractivity contribution in [2.75, 3.05) is 11.7 Å². The van der Waals surface area contributed by atoms with Crippen LogP contribution in [-0.2, 0) is 4.74 Å². The van der Waals surface area contributed by atoms with Gasteiger partial charge >= 0.3 is 0 Å². The van der Waals surface area contributed by atoms with E-state index in [1.165, 1.54) is 10.9 Å². The van der Waals surface area contributed by atoms with Gasteiger partial charge in [-0.2, -0.15) is 5.06 Å². The fourth-order valence-corrected chi connectivity index (χ4v) is 2.40. The first-order valence-corrected chi connectivity index (χ1v) is 6.58. The quantitative estimate of drug-likeness (QED) is 0.200. The maximum absolute atomic E-state index is 10.1. The van der Waals surface area contributed by atoms with Gasteiger partial charge in [0.15, 0.2) is 23.2 Å². The standard InChI is InChI=1S/C11H15N7O5/c12-11(13)18(22)9-5-8(14-2-15-9)17(3-16-5)10-7(21)6(20)4(1-19)23-10/h2-4,6-7,10,19-22H,1H2,(H3,12,13). The monoisotopic (exact) mass is 325 g/mol. The number of ether oxygens (including phenoxy) is 1. The van der Waals surface area contributed by atoms with Crippen LogP contribution in [-0.4, -0.2) is 70.9 Å². The molecule has 0 radical (unpaired) electrons. The molecule has 124 valence electrons. The van der Waals surface area contributed by atoms with E-state index >= 15 is 0 Å². The molecule has 0 amide bonds. The summed E-state index contributed by atoms with van der Waals surface area (Å²) in [5, 5.41) is 46.3. The van der Waals surface area contributed by atoms with Crippen molar-refractivity contribution >= 4 is 22.9 Å². The summed E-state index contributed by atoms with van der Waals surface area (Å²) in [6.45, 7) is -0.462. The minimum atomic E-state index is -1.30. The van der Waals surface area contributed by atoms with Crippen molar-refractivity contribution < 1.29 is 25.3 Å². The lowest BCUT2D eigenvalue weighted by molar-refractivity contribution is -0.0511. The maximum atomic E-state index is 10.1. The predicted molar refractivity (Wildman–Crippen MR) is 74.5 cm³/mol. The zero-order chi connectivity index (χ0) is 16.7. The number of rotatable bonds is 3. The van der Waals surface area contributed by atoms with Gasteiger partial charge in [-0.05, 0) is 0 Å². The minimum Gasteiger partial charge on any atom is -0.394 e. The number of aliphatic hydroxyl groups excluding tert-OH is 3. The summed E-state index contributed by atoms with van der Waals surface area (Å²) in [6, 6.07) is 0. The van der Waals surface area contributed by atoms with Crippen molar-refractivity contribution in [3.05, 3.63) is 12.7 Å². The largest absolute Gasteiger partial charge is 0.394 e. The molecule has 1 saturated heterocycles. The minimum absolute atomic E-state index is 0.114. The Balaban J connectivity index is 2.04. The third kappa shape index (κ3) is 2.38. The van der Waals surface area contributed by atoms with Crippen molar-refractivity contribution in [1.29, 1.82) is 5.41 Å². The summed E-state index contributed by atoms with van der Waals surface area (Å²) in [5.74, 6) is -0.777. The van der Waals surface area contributed by atoms with E-state index in [-0.39, 0.29) is 17.0 Å². The van der Waals surface area contributed by atoms with Gasteiger partial charge in [0, 0.05) is 0 Å². The summed E-state index contributed by atoms with van der Waals surface area (Å²) in [6.07, 6.45) is -2.16. The third-order valence-corrected chi connectivity index (χ3v) is 3.56. The molecule has 4 atom stereocenters. The summed E-state index contributed by atoms with van der Waals surface area (Å²) >= 11 is 0. The fraction of sp³-hybridized carbons (Fsp3) is 0.455. The topological polar surface area (TPSA) is 187 Å². The van der Waals surface area contributed by atoms with Crippen molar-refractivity contribution in [2.24, 2.45) is 5.73 Å². The molecule has 12 heteroatoms. The molecule has 2 aromatic rings. The van der Waals surface area contributed by atoms with Crippen LogP contribution in [0.2, 0.25) is 0 Å². The average Bonchev–Trinajstić information content (AvgIpc) is 3.08. The molecule has 0 aliphatic carbocycles. The molecule has 0 bridgehead atoms. The van der Waals surface area contributed by atoms with Gasteiger partial charge in [-0.25, -0.2) is 15.0 Å². The summed E-state index contributed by atoms with van der Waals surface area (Å²) < 4.78 is 6.74. The van der Waals surface area contributed by atoms with E-state index in [9.17, 15) is 15.4 Å². The van der Waals surface area contributed by atoms with Gasteiger partial charge in [0.2, 0.25) is 5.96 Å². The number of hydrogen-bond donors (Lipinski definition) is 6. The molecular weight excluding hydrogens is 310 g/mol. The molecular formula is C11H15N7O5. The molecule has 0 aromatic carbocycles. The van der Waals surface area contributed by atoms with Crippen molar-refractivity contribution in [2.45, 2.75) is 24.5 Å². The molecule has 3 heterocycles. The molecule has 12 nitrogen and oxygen atoms in total. The first kappa shape index (κ1) is 15.5. The SMILES string of the molecule is N=C(N)N(O)c1ncnc2c1ncn2C1OC(CO)C(O)C1O. The summed E-state index contributed by atoms with van der Waals surface area (Å²) in [7, 11) is 0. The van der Waals surface area contributed by atoms with Gasteiger partial charge < -0.3 is 25.8 Å². The number of guanidine groups is 1. The summed E-state index contributed by atoms with van der Waals surface area (Å²) in [5.41, 5.74) is 5.50. The highest BCUT2D eigenvalue weighted by Gasteiger charge is 2.44. The lowest BCUT2D eigenvalue weighted by atomic mass is 10.1. The van der Waals surface area contributed by atoms with Gasteiger partial charge in [0.25, 0.3) is 0 Å². The number of anilines is 1. The Morgan fingerprint density at radius 2 is 2.09 bits per heavy atom. The van der Waals surface area contributed by atoms with Crippen LogP contribution in [0.3, 0.4) is 0 Å². The predicted octanol–water partition coefficient (Wildman–Crippen LogP) is -2.47. The van der Waals surface area contributed by atoms with Crippen LogP contribution in [0.5, 0.6) is 0 Å². The van der Waals surface area contributed by atoms with E-state index in [1.807, 2.05) is 0 Å². The molecule has 7 N–H and O–H groups in total. The van der Waals surface area contributed by atoms with E-state index < -0.39 is 37.1 Å². The smallest absolute Gasteiger partial charge is 0.219 e. The van der Waals surface area contributed by atoms with Gasteiger partial charge in [0.05, 0.1) is 12.9 Å². The number of nitrogens with zero attached hydrogens (tertiary/aromatic N) is 5. The highest BCUT2D eigenvalue weighted by molar-refractivity contribution is 5.96.